The zero-order valence-corrected chi connectivity index (χ0v) is 14.7. The summed E-state index contributed by atoms with van der Waals surface area (Å²) in [4.78, 5) is 23.9. The zero-order chi connectivity index (χ0) is 20.3. The van der Waals surface area contributed by atoms with E-state index in [4.69, 9.17) is 0 Å². The van der Waals surface area contributed by atoms with E-state index in [-0.39, 0.29) is 5.82 Å². The molecule has 0 aromatic heterocycles. The van der Waals surface area contributed by atoms with Crippen LogP contribution in [0, 0.1) is 24.4 Å². The fourth-order valence-electron chi connectivity index (χ4n) is 2.74. The monoisotopic (exact) mass is 384 g/mol. The molecule has 0 unspecified atom stereocenters. The van der Waals surface area contributed by atoms with Crippen LogP contribution in [0.5, 0.6) is 0 Å². The Morgan fingerprint density at radius 1 is 0.857 bits per heavy atom. The van der Waals surface area contributed by atoms with E-state index in [0.29, 0.717) is 5.69 Å². The van der Waals surface area contributed by atoms with E-state index in [0.717, 1.165) is 34.9 Å². The predicted molar refractivity (Wildman–Crippen MR) is 99.4 cm³/mol. The van der Waals surface area contributed by atoms with Crippen LogP contribution in [0.25, 0.3) is 11.1 Å². The van der Waals surface area contributed by atoms with Crippen molar-refractivity contribution in [1.29, 1.82) is 0 Å². The fourth-order valence-corrected chi connectivity index (χ4v) is 2.74. The first-order valence-corrected chi connectivity index (χ1v) is 8.28. The third kappa shape index (κ3) is 4.20. The number of rotatable bonds is 3. The van der Waals surface area contributed by atoms with Crippen molar-refractivity contribution in [2.75, 3.05) is 5.32 Å². The SMILES string of the molecule is Cc1cc(NC(=O)NC(=O)c2c(F)cccc2F)ccc1-c1ccc(F)cc1. The average Bonchev–Trinajstić information content (AvgIpc) is 2.62. The van der Waals surface area contributed by atoms with Gasteiger partial charge in [-0.05, 0) is 60.0 Å². The third-order valence-electron chi connectivity index (χ3n) is 4.06. The standard InChI is InChI=1S/C21H15F3N2O2/c1-12-11-15(9-10-16(12)13-5-7-14(22)8-6-13)25-21(28)26-20(27)19-17(23)3-2-4-18(19)24/h2-11H,1H3,(H2,25,26,27,28). The van der Waals surface area contributed by atoms with E-state index in [1.54, 1.807) is 30.3 Å². The second-order valence-corrected chi connectivity index (χ2v) is 6.04. The highest BCUT2D eigenvalue weighted by Gasteiger charge is 2.19. The van der Waals surface area contributed by atoms with Crippen molar-refractivity contribution in [2.45, 2.75) is 6.92 Å². The maximum absolute atomic E-state index is 13.6. The minimum Gasteiger partial charge on any atom is -0.308 e. The molecule has 0 saturated carbocycles. The van der Waals surface area contributed by atoms with E-state index < -0.39 is 29.1 Å². The van der Waals surface area contributed by atoms with Crippen LogP contribution in [0.2, 0.25) is 0 Å². The first-order chi connectivity index (χ1) is 13.3. The lowest BCUT2D eigenvalue weighted by Gasteiger charge is -2.11. The van der Waals surface area contributed by atoms with Gasteiger partial charge in [0.2, 0.25) is 0 Å². The molecule has 2 N–H and O–H groups in total. The van der Waals surface area contributed by atoms with Gasteiger partial charge in [0.1, 0.15) is 23.0 Å². The van der Waals surface area contributed by atoms with Gasteiger partial charge in [0.25, 0.3) is 5.91 Å². The molecule has 0 fully saturated rings. The summed E-state index contributed by atoms with van der Waals surface area (Å²) in [6.07, 6.45) is 0. The number of nitrogens with one attached hydrogen (secondary N) is 2. The van der Waals surface area contributed by atoms with Gasteiger partial charge < -0.3 is 5.32 Å². The van der Waals surface area contributed by atoms with Gasteiger partial charge in [-0.1, -0.05) is 24.3 Å². The number of hydrogen-bond acceptors (Lipinski definition) is 2. The Kier molecular flexibility index (Phi) is 5.44. The molecule has 3 amide bonds. The number of amides is 3. The normalized spacial score (nSPS) is 10.4. The molecule has 0 aliphatic heterocycles. The molecule has 0 bridgehead atoms. The highest BCUT2D eigenvalue weighted by molar-refractivity contribution is 6.08. The quantitative estimate of drug-likeness (QED) is 0.665. The molecule has 28 heavy (non-hydrogen) atoms. The Balaban J connectivity index is 1.71. The van der Waals surface area contributed by atoms with E-state index in [1.165, 1.54) is 12.1 Å². The number of urea groups is 1. The Hall–Kier alpha value is -3.61. The van der Waals surface area contributed by atoms with Crippen LogP contribution in [0.15, 0.2) is 60.7 Å². The van der Waals surface area contributed by atoms with Crippen LogP contribution in [0.3, 0.4) is 0 Å². The highest BCUT2D eigenvalue weighted by atomic mass is 19.1. The molecule has 0 aliphatic rings. The molecule has 3 aromatic carbocycles. The molecule has 0 saturated heterocycles. The number of imide groups is 1. The summed E-state index contributed by atoms with van der Waals surface area (Å²) < 4.78 is 40.3. The van der Waals surface area contributed by atoms with Crippen LogP contribution in [0.1, 0.15) is 15.9 Å². The molecule has 4 nitrogen and oxygen atoms in total. The molecule has 3 rings (SSSR count). The second kappa shape index (κ2) is 7.96. The van der Waals surface area contributed by atoms with Crippen molar-refractivity contribution >= 4 is 17.6 Å². The lowest BCUT2D eigenvalue weighted by Crippen LogP contribution is -2.35. The molecule has 7 heteroatoms. The Morgan fingerprint density at radius 2 is 1.50 bits per heavy atom. The number of halogens is 3. The van der Waals surface area contributed by atoms with Crippen LogP contribution < -0.4 is 10.6 Å². The summed E-state index contributed by atoms with van der Waals surface area (Å²) in [7, 11) is 0. The largest absolute Gasteiger partial charge is 0.326 e. The highest BCUT2D eigenvalue weighted by Crippen LogP contribution is 2.26. The fraction of sp³-hybridized carbons (Fsp3) is 0.0476. The summed E-state index contributed by atoms with van der Waals surface area (Å²) in [6.45, 7) is 1.81. The summed E-state index contributed by atoms with van der Waals surface area (Å²) in [5.74, 6) is -3.66. The Morgan fingerprint density at radius 3 is 2.11 bits per heavy atom. The predicted octanol–water partition coefficient (Wildman–Crippen LogP) is 5.04. The lowest BCUT2D eigenvalue weighted by molar-refractivity contribution is 0.0959. The number of aryl methyl sites for hydroxylation is 1. The summed E-state index contributed by atoms with van der Waals surface area (Å²) in [6, 6.07) is 13.0. The molecule has 0 atom stereocenters. The van der Waals surface area contributed by atoms with Crippen LogP contribution in [0.4, 0.5) is 23.7 Å². The molecular formula is C21H15F3N2O2. The average molecular weight is 384 g/mol. The second-order valence-electron chi connectivity index (χ2n) is 6.04. The zero-order valence-electron chi connectivity index (χ0n) is 14.7. The molecule has 0 radical (unpaired) electrons. The van der Waals surface area contributed by atoms with Crippen molar-refractivity contribution in [3.05, 3.63) is 89.2 Å². The van der Waals surface area contributed by atoms with Crippen molar-refractivity contribution in [2.24, 2.45) is 0 Å². The van der Waals surface area contributed by atoms with Gasteiger partial charge in [-0.15, -0.1) is 0 Å². The van der Waals surface area contributed by atoms with Gasteiger partial charge in [0.15, 0.2) is 0 Å². The Labute approximate surface area is 159 Å². The third-order valence-corrected chi connectivity index (χ3v) is 4.06. The van der Waals surface area contributed by atoms with Crippen molar-refractivity contribution < 1.29 is 22.8 Å². The van der Waals surface area contributed by atoms with E-state index >= 15 is 0 Å². The van der Waals surface area contributed by atoms with Gasteiger partial charge in [-0.2, -0.15) is 0 Å². The maximum atomic E-state index is 13.6. The van der Waals surface area contributed by atoms with Crippen molar-refractivity contribution in [3.8, 4) is 11.1 Å². The van der Waals surface area contributed by atoms with Gasteiger partial charge in [0, 0.05) is 5.69 Å². The van der Waals surface area contributed by atoms with E-state index in [2.05, 4.69) is 5.32 Å². The van der Waals surface area contributed by atoms with E-state index in [9.17, 15) is 22.8 Å². The van der Waals surface area contributed by atoms with Gasteiger partial charge >= 0.3 is 6.03 Å². The number of benzene rings is 3. The van der Waals surface area contributed by atoms with Gasteiger partial charge in [-0.3, -0.25) is 10.1 Å². The molecule has 3 aromatic rings. The molecule has 142 valence electrons. The van der Waals surface area contributed by atoms with Crippen LogP contribution >= 0.6 is 0 Å². The van der Waals surface area contributed by atoms with E-state index in [1.807, 2.05) is 12.2 Å². The van der Waals surface area contributed by atoms with Crippen LogP contribution in [-0.4, -0.2) is 11.9 Å². The number of anilines is 1. The summed E-state index contributed by atoms with van der Waals surface area (Å²) in [5.41, 5.74) is 2.00. The number of carbonyl (C=O) groups excluding carboxylic acids is 2. The first kappa shape index (κ1) is 19.2. The Bertz CT molecular complexity index is 1030. The van der Waals surface area contributed by atoms with Gasteiger partial charge in [0.05, 0.1) is 0 Å². The van der Waals surface area contributed by atoms with Crippen molar-refractivity contribution in [3.63, 3.8) is 0 Å². The summed E-state index contributed by atoms with van der Waals surface area (Å²) >= 11 is 0. The topological polar surface area (TPSA) is 58.2 Å². The minimum atomic E-state index is -1.19. The molecule has 0 aliphatic carbocycles. The first-order valence-electron chi connectivity index (χ1n) is 8.28. The number of carbonyl (C=O) groups is 2. The van der Waals surface area contributed by atoms with Crippen LogP contribution in [-0.2, 0) is 0 Å². The maximum Gasteiger partial charge on any atom is 0.326 e. The molecular weight excluding hydrogens is 369 g/mol. The summed E-state index contributed by atoms with van der Waals surface area (Å²) in [5, 5.41) is 4.32. The minimum absolute atomic E-state index is 0.340. The smallest absolute Gasteiger partial charge is 0.308 e. The van der Waals surface area contributed by atoms with Gasteiger partial charge in [-0.25, -0.2) is 18.0 Å². The lowest BCUT2D eigenvalue weighted by atomic mass is 10.00. The number of hydrogen-bond donors (Lipinski definition) is 2. The molecule has 0 heterocycles. The van der Waals surface area contributed by atoms with Crippen molar-refractivity contribution in [1.82, 2.24) is 5.32 Å². The molecule has 0 spiro atoms.